The van der Waals surface area contributed by atoms with E-state index in [9.17, 15) is 0 Å². The lowest BCUT2D eigenvalue weighted by molar-refractivity contribution is 0.00740. The van der Waals surface area contributed by atoms with E-state index >= 15 is 0 Å². The van der Waals surface area contributed by atoms with Crippen LogP contribution in [0.25, 0.3) is 0 Å². The lowest BCUT2D eigenvalue weighted by Gasteiger charge is -2.49. The van der Waals surface area contributed by atoms with Gasteiger partial charge >= 0.3 is 0 Å². The average Bonchev–Trinajstić information content (AvgIpc) is 2.47. The Labute approximate surface area is 132 Å². The molecule has 0 bridgehead atoms. The Bertz CT molecular complexity index is 282. The van der Waals surface area contributed by atoms with Crippen molar-refractivity contribution in [1.82, 2.24) is 10.2 Å². The number of nitrogens with one attached hydrogen (secondary N) is 1. The topological polar surface area (TPSA) is 24.5 Å². The van der Waals surface area contributed by atoms with Gasteiger partial charge in [0.2, 0.25) is 0 Å². The van der Waals surface area contributed by atoms with Crippen LogP contribution in [0.1, 0.15) is 60.8 Å². The zero-order valence-electron chi connectivity index (χ0n) is 15.2. The number of nitrogens with zero attached hydrogens (tertiary/aromatic N) is 1. The van der Waals surface area contributed by atoms with Gasteiger partial charge in [-0.25, -0.2) is 0 Å². The molecule has 1 saturated heterocycles. The number of rotatable bonds is 9. The summed E-state index contributed by atoms with van der Waals surface area (Å²) in [6, 6.07) is 0.630. The molecule has 1 rings (SSSR count). The van der Waals surface area contributed by atoms with Crippen molar-refractivity contribution >= 4 is 0 Å². The van der Waals surface area contributed by atoms with Crippen molar-refractivity contribution < 1.29 is 4.74 Å². The molecule has 3 heteroatoms. The van der Waals surface area contributed by atoms with E-state index < -0.39 is 0 Å². The van der Waals surface area contributed by atoms with Crippen LogP contribution in [0.4, 0.5) is 0 Å². The maximum absolute atomic E-state index is 5.85. The van der Waals surface area contributed by atoms with Crippen LogP contribution >= 0.6 is 0 Å². The van der Waals surface area contributed by atoms with E-state index in [1.165, 1.54) is 19.3 Å². The molecule has 3 atom stereocenters. The summed E-state index contributed by atoms with van der Waals surface area (Å²) >= 11 is 0. The molecule has 0 aromatic rings. The van der Waals surface area contributed by atoms with E-state index in [0.717, 1.165) is 44.7 Å². The molecule has 0 saturated carbocycles. The Morgan fingerprint density at radius 3 is 2.52 bits per heavy atom. The maximum Gasteiger partial charge on any atom is 0.0593 e. The molecule has 3 nitrogen and oxygen atoms in total. The maximum atomic E-state index is 5.85. The van der Waals surface area contributed by atoms with Crippen molar-refractivity contribution in [3.63, 3.8) is 0 Å². The molecule has 126 valence electrons. The summed E-state index contributed by atoms with van der Waals surface area (Å²) in [5.74, 6) is 1.48. The monoisotopic (exact) mass is 298 g/mol. The van der Waals surface area contributed by atoms with Gasteiger partial charge in [-0.05, 0) is 31.6 Å². The second-order valence-electron chi connectivity index (χ2n) is 7.46. The molecule has 0 amide bonds. The van der Waals surface area contributed by atoms with Crippen molar-refractivity contribution in [1.29, 1.82) is 0 Å². The molecule has 3 unspecified atom stereocenters. The van der Waals surface area contributed by atoms with Crippen molar-refractivity contribution in [2.75, 3.05) is 32.8 Å². The Balaban J connectivity index is 2.44. The Hall–Kier alpha value is -0.120. The first-order chi connectivity index (χ1) is 9.92. The van der Waals surface area contributed by atoms with E-state index in [4.69, 9.17) is 4.74 Å². The first-order valence-electron chi connectivity index (χ1n) is 8.99. The van der Waals surface area contributed by atoms with Crippen molar-refractivity contribution in [3.8, 4) is 0 Å². The Kier molecular flexibility index (Phi) is 8.22. The SMILES string of the molecule is CCC(C)C1CN(CCOCCC(C)C)C(C)(CC)CN1. The molecule has 1 aliphatic heterocycles. The van der Waals surface area contributed by atoms with Gasteiger partial charge in [0.15, 0.2) is 0 Å². The lowest BCUT2D eigenvalue weighted by atomic mass is 9.88. The Morgan fingerprint density at radius 2 is 1.95 bits per heavy atom. The average molecular weight is 299 g/mol. The quantitative estimate of drug-likeness (QED) is 0.659. The van der Waals surface area contributed by atoms with Gasteiger partial charge in [-0.2, -0.15) is 0 Å². The summed E-state index contributed by atoms with van der Waals surface area (Å²) in [6.07, 6.45) is 3.61. The minimum atomic E-state index is 0.283. The van der Waals surface area contributed by atoms with Gasteiger partial charge in [0, 0.05) is 37.8 Å². The summed E-state index contributed by atoms with van der Waals surface area (Å²) < 4.78 is 5.85. The van der Waals surface area contributed by atoms with Gasteiger partial charge in [0.05, 0.1) is 6.61 Å². The predicted molar refractivity (Wildman–Crippen MR) is 91.8 cm³/mol. The van der Waals surface area contributed by atoms with E-state index in [-0.39, 0.29) is 5.54 Å². The largest absolute Gasteiger partial charge is 0.380 e. The first kappa shape index (κ1) is 18.9. The molecule has 1 heterocycles. The van der Waals surface area contributed by atoms with Crippen LogP contribution in [0, 0.1) is 11.8 Å². The highest BCUT2D eigenvalue weighted by Crippen LogP contribution is 2.25. The third-order valence-electron chi connectivity index (χ3n) is 5.36. The molecule has 1 aliphatic rings. The Morgan fingerprint density at radius 1 is 1.24 bits per heavy atom. The molecule has 0 radical (unpaired) electrons. The normalized spacial score (nSPS) is 29.0. The fourth-order valence-electron chi connectivity index (χ4n) is 2.96. The highest BCUT2D eigenvalue weighted by atomic mass is 16.5. The van der Waals surface area contributed by atoms with E-state index in [1.54, 1.807) is 0 Å². The standard InChI is InChI=1S/C18H38N2O/c1-7-16(5)17-13-20(18(6,8-2)14-19-17)10-12-21-11-9-15(3)4/h15-17,19H,7-14H2,1-6H3. The van der Waals surface area contributed by atoms with Gasteiger partial charge < -0.3 is 10.1 Å². The summed E-state index contributed by atoms with van der Waals surface area (Å²) in [7, 11) is 0. The van der Waals surface area contributed by atoms with Crippen LogP contribution in [-0.4, -0.2) is 49.3 Å². The molecule has 1 fully saturated rings. The predicted octanol–water partition coefficient (Wildman–Crippen LogP) is 3.54. The van der Waals surface area contributed by atoms with Gasteiger partial charge in [-0.15, -0.1) is 0 Å². The molecule has 0 spiro atoms. The fraction of sp³-hybridized carbons (Fsp3) is 1.00. The summed E-state index contributed by atoms with van der Waals surface area (Å²) in [5, 5.41) is 3.78. The second kappa shape index (κ2) is 9.12. The number of piperazine rings is 1. The third kappa shape index (κ3) is 5.88. The van der Waals surface area contributed by atoms with Crippen LogP contribution < -0.4 is 5.32 Å². The van der Waals surface area contributed by atoms with E-state index in [0.29, 0.717) is 6.04 Å². The number of hydrogen-bond donors (Lipinski definition) is 1. The van der Waals surface area contributed by atoms with Crippen LogP contribution in [0.2, 0.25) is 0 Å². The molecule has 21 heavy (non-hydrogen) atoms. The van der Waals surface area contributed by atoms with Crippen molar-refractivity contribution in [2.45, 2.75) is 72.4 Å². The zero-order chi connectivity index (χ0) is 15.9. The lowest BCUT2D eigenvalue weighted by Crippen LogP contribution is -2.64. The molecule has 0 aromatic carbocycles. The van der Waals surface area contributed by atoms with E-state index in [2.05, 4.69) is 51.8 Å². The van der Waals surface area contributed by atoms with E-state index in [1.807, 2.05) is 0 Å². The van der Waals surface area contributed by atoms with Gasteiger partial charge in [0.1, 0.15) is 0 Å². The van der Waals surface area contributed by atoms with Crippen LogP contribution in [0.15, 0.2) is 0 Å². The van der Waals surface area contributed by atoms with Gasteiger partial charge in [-0.1, -0.05) is 41.0 Å². The summed E-state index contributed by atoms with van der Waals surface area (Å²) in [5.41, 5.74) is 0.283. The number of hydrogen-bond acceptors (Lipinski definition) is 3. The molecular formula is C18H38N2O. The second-order valence-corrected chi connectivity index (χ2v) is 7.46. The molecule has 0 aromatic heterocycles. The molecule has 0 aliphatic carbocycles. The number of ether oxygens (including phenoxy) is 1. The van der Waals surface area contributed by atoms with Crippen LogP contribution in [0.5, 0.6) is 0 Å². The van der Waals surface area contributed by atoms with Crippen molar-refractivity contribution in [3.05, 3.63) is 0 Å². The highest BCUT2D eigenvalue weighted by Gasteiger charge is 2.37. The summed E-state index contributed by atoms with van der Waals surface area (Å²) in [4.78, 5) is 2.66. The molecular weight excluding hydrogens is 260 g/mol. The first-order valence-corrected chi connectivity index (χ1v) is 8.99. The minimum Gasteiger partial charge on any atom is -0.380 e. The van der Waals surface area contributed by atoms with Crippen LogP contribution in [-0.2, 0) is 4.74 Å². The molecule has 1 N–H and O–H groups in total. The summed E-state index contributed by atoms with van der Waals surface area (Å²) in [6.45, 7) is 19.0. The highest BCUT2D eigenvalue weighted by molar-refractivity contribution is 4.96. The van der Waals surface area contributed by atoms with Gasteiger partial charge in [-0.3, -0.25) is 4.90 Å². The third-order valence-corrected chi connectivity index (χ3v) is 5.36. The zero-order valence-corrected chi connectivity index (χ0v) is 15.2. The van der Waals surface area contributed by atoms with Crippen molar-refractivity contribution in [2.24, 2.45) is 11.8 Å². The smallest absolute Gasteiger partial charge is 0.0593 e. The van der Waals surface area contributed by atoms with Gasteiger partial charge in [0.25, 0.3) is 0 Å². The minimum absolute atomic E-state index is 0.283. The van der Waals surface area contributed by atoms with Crippen LogP contribution in [0.3, 0.4) is 0 Å². The fourth-order valence-corrected chi connectivity index (χ4v) is 2.96.